The Bertz CT molecular complexity index is 305. The van der Waals surface area contributed by atoms with Crippen molar-refractivity contribution in [3.05, 3.63) is 29.6 Å². The Balaban J connectivity index is 2.28. The maximum absolute atomic E-state index is 12.9. The topological polar surface area (TPSA) is 58.3 Å². The first-order chi connectivity index (χ1) is 7.24. The Morgan fingerprint density at radius 1 is 1.33 bits per heavy atom. The van der Waals surface area contributed by atoms with Gasteiger partial charge in [0.2, 0.25) is 0 Å². The fraction of sp³-hybridized carbons (Fsp3) is 0.455. The van der Waals surface area contributed by atoms with Crippen molar-refractivity contribution in [1.29, 1.82) is 0 Å². The second-order valence-corrected chi connectivity index (χ2v) is 3.46. The molecule has 0 saturated carbocycles. The molecule has 4 N–H and O–H groups in total. The molecule has 0 unspecified atom stereocenters. The van der Waals surface area contributed by atoms with E-state index in [0.29, 0.717) is 13.1 Å². The molecule has 0 aliphatic heterocycles. The van der Waals surface area contributed by atoms with Gasteiger partial charge in [0, 0.05) is 6.54 Å². The van der Waals surface area contributed by atoms with Crippen molar-refractivity contribution in [2.45, 2.75) is 19.4 Å². The van der Waals surface area contributed by atoms with E-state index in [9.17, 15) is 4.39 Å². The molecule has 0 aliphatic rings. The van der Waals surface area contributed by atoms with Crippen molar-refractivity contribution >= 4 is 0 Å². The number of hydrogen-bond donors (Lipinski definition) is 3. The van der Waals surface area contributed by atoms with Crippen LogP contribution in [0.2, 0.25) is 0 Å². The van der Waals surface area contributed by atoms with E-state index in [1.807, 2.05) is 0 Å². The molecule has 0 radical (unpaired) electrons. The van der Waals surface area contributed by atoms with Gasteiger partial charge < -0.3 is 16.2 Å². The summed E-state index contributed by atoms with van der Waals surface area (Å²) in [6.45, 7) is 2.19. The zero-order valence-electron chi connectivity index (χ0n) is 8.67. The Labute approximate surface area is 89.1 Å². The number of aromatic hydroxyl groups is 1. The molecule has 1 aromatic carbocycles. The molecule has 1 rings (SSSR count). The van der Waals surface area contributed by atoms with Crippen LogP contribution in [0.3, 0.4) is 0 Å². The first-order valence-electron chi connectivity index (χ1n) is 5.12. The van der Waals surface area contributed by atoms with Gasteiger partial charge in [0.25, 0.3) is 0 Å². The monoisotopic (exact) mass is 212 g/mol. The van der Waals surface area contributed by atoms with E-state index >= 15 is 0 Å². The Morgan fingerprint density at radius 2 is 2.13 bits per heavy atom. The summed E-state index contributed by atoms with van der Waals surface area (Å²) in [4.78, 5) is 0. The van der Waals surface area contributed by atoms with Crippen LogP contribution >= 0.6 is 0 Å². The number of halogens is 1. The lowest BCUT2D eigenvalue weighted by atomic mass is 10.2. The normalized spacial score (nSPS) is 10.5. The Kier molecular flexibility index (Phi) is 5.07. The van der Waals surface area contributed by atoms with Gasteiger partial charge in [0.15, 0.2) is 11.6 Å². The van der Waals surface area contributed by atoms with E-state index in [1.165, 1.54) is 12.1 Å². The summed E-state index contributed by atoms with van der Waals surface area (Å²) in [5.74, 6) is -0.877. The molecule has 15 heavy (non-hydrogen) atoms. The van der Waals surface area contributed by atoms with Gasteiger partial charge in [-0.15, -0.1) is 0 Å². The van der Waals surface area contributed by atoms with Crippen molar-refractivity contribution in [1.82, 2.24) is 5.32 Å². The fourth-order valence-corrected chi connectivity index (χ4v) is 1.29. The highest BCUT2D eigenvalue weighted by molar-refractivity contribution is 5.27. The maximum atomic E-state index is 12.9. The molecule has 0 aliphatic carbocycles. The van der Waals surface area contributed by atoms with Crippen LogP contribution in [0, 0.1) is 5.82 Å². The number of nitrogens with one attached hydrogen (secondary N) is 1. The van der Waals surface area contributed by atoms with Crippen molar-refractivity contribution in [3.8, 4) is 5.75 Å². The SMILES string of the molecule is NCCCCNCc1ccc(O)c(F)c1. The molecule has 84 valence electrons. The van der Waals surface area contributed by atoms with E-state index in [1.54, 1.807) is 6.07 Å². The molecule has 0 saturated heterocycles. The standard InChI is InChI=1S/C11H17FN2O/c12-10-7-9(3-4-11(10)15)8-14-6-2-1-5-13/h3-4,7,14-15H,1-2,5-6,8,13H2. The third-order valence-corrected chi connectivity index (χ3v) is 2.15. The molecule has 0 spiro atoms. The zero-order valence-corrected chi connectivity index (χ0v) is 8.67. The highest BCUT2D eigenvalue weighted by Crippen LogP contribution is 2.15. The number of unbranched alkanes of at least 4 members (excludes halogenated alkanes) is 1. The maximum Gasteiger partial charge on any atom is 0.165 e. The van der Waals surface area contributed by atoms with Gasteiger partial charge >= 0.3 is 0 Å². The lowest BCUT2D eigenvalue weighted by Gasteiger charge is -2.05. The van der Waals surface area contributed by atoms with Crippen molar-refractivity contribution in [2.75, 3.05) is 13.1 Å². The lowest BCUT2D eigenvalue weighted by Crippen LogP contribution is -2.15. The summed E-state index contributed by atoms with van der Waals surface area (Å²) in [7, 11) is 0. The van der Waals surface area contributed by atoms with Crippen LogP contribution < -0.4 is 11.1 Å². The van der Waals surface area contributed by atoms with E-state index in [0.717, 1.165) is 24.9 Å². The number of phenols is 1. The smallest absolute Gasteiger partial charge is 0.165 e. The zero-order chi connectivity index (χ0) is 11.1. The molecule has 0 bridgehead atoms. The molecule has 0 amide bonds. The summed E-state index contributed by atoms with van der Waals surface area (Å²) in [6.07, 6.45) is 2.02. The Morgan fingerprint density at radius 3 is 2.80 bits per heavy atom. The van der Waals surface area contributed by atoms with Gasteiger partial charge in [-0.2, -0.15) is 0 Å². The first kappa shape index (κ1) is 11.9. The van der Waals surface area contributed by atoms with Crippen LogP contribution in [0.5, 0.6) is 5.75 Å². The molecule has 3 nitrogen and oxygen atoms in total. The van der Waals surface area contributed by atoms with E-state index in [-0.39, 0.29) is 5.75 Å². The highest BCUT2D eigenvalue weighted by Gasteiger charge is 2.00. The van der Waals surface area contributed by atoms with Crippen LogP contribution in [-0.2, 0) is 6.54 Å². The molecule has 0 atom stereocenters. The van der Waals surface area contributed by atoms with Crippen molar-refractivity contribution in [3.63, 3.8) is 0 Å². The first-order valence-corrected chi connectivity index (χ1v) is 5.12. The second kappa shape index (κ2) is 6.37. The minimum atomic E-state index is -0.573. The van der Waals surface area contributed by atoms with Gasteiger partial charge in [0.1, 0.15) is 0 Å². The largest absolute Gasteiger partial charge is 0.505 e. The molecule has 0 heterocycles. The van der Waals surface area contributed by atoms with E-state index < -0.39 is 5.82 Å². The quantitative estimate of drug-likeness (QED) is 0.624. The average Bonchev–Trinajstić information content (AvgIpc) is 2.23. The summed E-state index contributed by atoms with van der Waals surface area (Å²) < 4.78 is 12.9. The number of nitrogens with two attached hydrogens (primary N) is 1. The predicted octanol–water partition coefficient (Wildman–Crippen LogP) is 1.36. The molecular formula is C11H17FN2O. The Hall–Kier alpha value is -1.13. The lowest BCUT2D eigenvalue weighted by molar-refractivity contribution is 0.431. The summed E-state index contributed by atoms with van der Waals surface area (Å²) >= 11 is 0. The minimum Gasteiger partial charge on any atom is -0.505 e. The summed E-state index contributed by atoms with van der Waals surface area (Å²) in [5, 5.41) is 12.2. The average molecular weight is 212 g/mol. The van der Waals surface area contributed by atoms with E-state index in [4.69, 9.17) is 10.8 Å². The second-order valence-electron chi connectivity index (χ2n) is 3.46. The van der Waals surface area contributed by atoms with Gasteiger partial charge in [-0.05, 0) is 43.6 Å². The van der Waals surface area contributed by atoms with Crippen molar-refractivity contribution in [2.24, 2.45) is 5.73 Å². The fourth-order valence-electron chi connectivity index (χ4n) is 1.29. The molecule has 0 fully saturated rings. The van der Waals surface area contributed by atoms with Gasteiger partial charge in [-0.25, -0.2) is 4.39 Å². The minimum absolute atomic E-state index is 0.304. The highest BCUT2D eigenvalue weighted by atomic mass is 19.1. The van der Waals surface area contributed by atoms with Crippen LogP contribution in [-0.4, -0.2) is 18.2 Å². The molecule has 4 heteroatoms. The van der Waals surface area contributed by atoms with Gasteiger partial charge in [-0.1, -0.05) is 6.07 Å². The van der Waals surface area contributed by atoms with E-state index in [2.05, 4.69) is 5.32 Å². The van der Waals surface area contributed by atoms with Crippen molar-refractivity contribution < 1.29 is 9.50 Å². The number of benzene rings is 1. The molecule has 0 aromatic heterocycles. The molecule has 1 aromatic rings. The summed E-state index contributed by atoms with van der Waals surface area (Å²) in [5.41, 5.74) is 6.18. The number of rotatable bonds is 6. The third kappa shape index (κ3) is 4.27. The van der Waals surface area contributed by atoms with Crippen LogP contribution in [0.25, 0.3) is 0 Å². The summed E-state index contributed by atoms with van der Waals surface area (Å²) in [6, 6.07) is 4.41. The van der Waals surface area contributed by atoms with Crippen LogP contribution in [0.4, 0.5) is 4.39 Å². The number of hydrogen-bond acceptors (Lipinski definition) is 3. The van der Waals surface area contributed by atoms with Gasteiger partial charge in [-0.3, -0.25) is 0 Å². The molecular weight excluding hydrogens is 195 g/mol. The predicted molar refractivity (Wildman–Crippen MR) is 58.1 cm³/mol. The van der Waals surface area contributed by atoms with Gasteiger partial charge in [0.05, 0.1) is 0 Å². The van der Waals surface area contributed by atoms with Crippen LogP contribution in [0.1, 0.15) is 18.4 Å². The van der Waals surface area contributed by atoms with Crippen LogP contribution in [0.15, 0.2) is 18.2 Å². The number of phenolic OH excluding ortho intramolecular Hbond substituents is 1. The third-order valence-electron chi connectivity index (χ3n) is 2.15.